The van der Waals surface area contributed by atoms with Crippen molar-refractivity contribution in [3.63, 3.8) is 0 Å². The van der Waals surface area contributed by atoms with Crippen molar-refractivity contribution in [2.75, 3.05) is 10.5 Å². The van der Waals surface area contributed by atoms with Crippen molar-refractivity contribution in [3.8, 4) is 0 Å². The molecule has 3 N–H and O–H groups in total. The minimum absolute atomic E-state index is 0.164. The Hall–Kier alpha value is -1.60. The number of nitrogens with one attached hydrogen (secondary N) is 1. The van der Waals surface area contributed by atoms with E-state index in [4.69, 9.17) is 5.73 Å². The number of sulfonamides is 1. The highest BCUT2D eigenvalue weighted by molar-refractivity contribution is 7.92. The molecule has 0 fully saturated rings. The Morgan fingerprint density at radius 1 is 1.29 bits per heavy atom. The first-order chi connectivity index (χ1) is 7.97. The van der Waals surface area contributed by atoms with Crippen LogP contribution in [0, 0.1) is 6.92 Å². The minimum Gasteiger partial charge on any atom is -0.399 e. The summed E-state index contributed by atoms with van der Waals surface area (Å²) in [5, 5.41) is 0. The van der Waals surface area contributed by atoms with Gasteiger partial charge in [0.2, 0.25) is 0 Å². The van der Waals surface area contributed by atoms with Gasteiger partial charge in [-0.25, -0.2) is 8.42 Å². The Kier molecular flexibility index (Phi) is 3.03. The van der Waals surface area contributed by atoms with Crippen LogP contribution in [0.3, 0.4) is 0 Å². The van der Waals surface area contributed by atoms with Crippen molar-refractivity contribution in [2.24, 2.45) is 0 Å². The zero-order valence-electron chi connectivity index (χ0n) is 9.04. The normalized spacial score (nSPS) is 11.4. The van der Waals surface area contributed by atoms with Crippen LogP contribution in [-0.2, 0) is 10.0 Å². The lowest BCUT2D eigenvalue weighted by atomic mass is 10.3. The zero-order valence-corrected chi connectivity index (χ0v) is 10.7. The summed E-state index contributed by atoms with van der Waals surface area (Å²) in [6.45, 7) is 1.86. The maximum atomic E-state index is 11.9. The van der Waals surface area contributed by atoms with Crippen LogP contribution >= 0.6 is 11.5 Å². The predicted molar refractivity (Wildman–Crippen MR) is 68.5 cm³/mol. The molecule has 1 aromatic carbocycles. The molecule has 0 unspecified atom stereocenters. The molecule has 0 aliphatic rings. The summed E-state index contributed by atoms with van der Waals surface area (Å²) in [6, 6.07) is 7.68. The molecule has 1 aromatic heterocycles. The van der Waals surface area contributed by atoms with E-state index in [1.807, 2.05) is 6.92 Å². The first-order valence-electron chi connectivity index (χ1n) is 4.79. The van der Waals surface area contributed by atoms with Gasteiger partial charge in [-0.1, -0.05) is 0 Å². The van der Waals surface area contributed by atoms with Gasteiger partial charge in [0.05, 0.1) is 4.90 Å². The van der Waals surface area contributed by atoms with Crippen LogP contribution in [-0.4, -0.2) is 12.8 Å². The number of nitrogens with two attached hydrogens (primary N) is 1. The van der Waals surface area contributed by atoms with Crippen LogP contribution in [0.2, 0.25) is 0 Å². The summed E-state index contributed by atoms with van der Waals surface area (Å²) in [5.41, 5.74) is 6.02. The van der Waals surface area contributed by atoms with E-state index < -0.39 is 10.0 Å². The lowest BCUT2D eigenvalue weighted by Crippen LogP contribution is -2.13. The number of aryl methyl sites for hydroxylation is 1. The van der Waals surface area contributed by atoms with Crippen molar-refractivity contribution in [1.29, 1.82) is 0 Å². The van der Waals surface area contributed by atoms with E-state index in [-0.39, 0.29) is 4.90 Å². The molecule has 0 saturated carbocycles. The third-order valence-electron chi connectivity index (χ3n) is 2.06. The number of benzene rings is 1. The average Bonchev–Trinajstić information content (AvgIpc) is 2.63. The lowest BCUT2D eigenvalue weighted by Gasteiger charge is -2.05. The standard InChI is InChI=1S/C10H11N3O2S2/c1-7-6-10(12-16-7)13-17(14,15)9-4-2-8(11)3-5-9/h2-6H,11H2,1H3,(H,12,13). The van der Waals surface area contributed by atoms with E-state index in [1.54, 1.807) is 18.2 Å². The molecule has 0 saturated heterocycles. The number of nitrogens with zero attached hydrogens (tertiary/aromatic N) is 1. The van der Waals surface area contributed by atoms with Crippen LogP contribution in [0.1, 0.15) is 4.88 Å². The highest BCUT2D eigenvalue weighted by atomic mass is 32.2. The molecule has 0 bridgehead atoms. The van der Waals surface area contributed by atoms with Crippen LogP contribution in [0.25, 0.3) is 0 Å². The van der Waals surface area contributed by atoms with Gasteiger partial charge >= 0.3 is 0 Å². The van der Waals surface area contributed by atoms with E-state index in [0.717, 1.165) is 4.88 Å². The maximum absolute atomic E-state index is 11.9. The fourth-order valence-corrected chi connectivity index (χ4v) is 2.81. The number of aromatic nitrogens is 1. The second kappa shape index (κ2) is 4.34. The molecular weight excluding hydrogens is 258 g/mol. The van der Waals surface area contributed by atoms with Crippen LogP contribution in [0.15, 0.2) is 35.2 Å². The second-order valence-corrected chi connectivity index (χ2v) is 6.19. The highest BCUT2D eigenvalue weighted by Crippen LogP contribution is 2.18. The fourth-order valence-electron chi connectivity index (χ4n) is 1.26. The third kappa shape index (κ3) is 2.75. The quantitative estimate of drug-likeness (QED) is 0.832. The number of nitrogen functional groups attached to an aromatic ring is 1. The molecule has 7 heteroatoms. The van der Waals surface area contributed by atoms with Gasteiger partial charge < -0.3 is 5.73 Å². The summed E-state index contributed by atoms with van der Waals surface area (Å²) >= 11 is 1.25. The van der Waals surface area contributed by atoms with Crippen molar-refractivity contribution in [3.05, 3.63) is 35.2 Å². The molecule has 2 aromatic rings. The van der Waals surface area contributed by atoms with Gasteiger partial charge in [-0.2, -0.15) is 4.37 Å². The second-order valence-electron chi connectivity index (χ2n) is 3.50. The van der Waals surface area contributed by atoms with Gasteiger partial charge in [-0.3, -0.25) is 4.72 Å². The topological polar surface area (TPSA) is 85.1 Å². The molecular formula is C10H11N3O2S2. The van der Waals surface area contributed by atoms with Crippen LogP contribution in [0.5, 0.6) is 0 Å². The minimum atomic E-state index is -3.58. The summed E-state index contributed by atoms with van der Waals surface area (Å²) in [5.74, 6) is 0.337. The van der Waals surface area contributed by atoms with Crippen molar-refractivity contribution in [2.45, 2.75) is 11.8 Å². The molecule has 0 amide bonds. The first kappa shape index (κ1) is 11.9. The number of hydrogen-bond acceptors (Lipinski definition) is 5. The van der Waals surface area contributed by atoms with Crippen molar-refractivity contribution >= 4 is 33.1 Å². The SMILES string of the molecule is Cc1cc(NS(=O)(=O)c2ccc(N)cc2)ns1. The lowest BCUT2D eigenvalue weighted by molar-refractivity contribution is 0.601. The Labute approximate surface area is 104 Å². The van der Waals surface area contributed by atoms with Gasteiger partial charge in [0.15, 0.2) is 5.82 Å². The summed E-state index contributed by atoms with van der Waals surface area (Å²) in [4.78, 5) is 1.11. The molecule has 0 aliphatic carbocycles. The van der Waals surface area contributed by atoms with Crippen LogP contribution in [0.4, 0.5) is 11.5 Å². The third-order valence-corrected chi connectivity index (χ3v) is 4.12. The van der Waals surface area contributed by atoms with E-state index in [1.165, 1.54) is 23.7 Å². The van der Waals surface area contributed by atoms with E-state index in [2.05, 4.69) is 9.10 Å². The van der Waals surface area contributed by atoms with Gasteiger partial charge in [0.25, 0.3) is 10.0 Å². The largest absolute Gasteiger partial charge is 0.399 e. The zero-order chi connectivity index (χ0) is 12.5. The van der Waals surface area contributed by atoms with Gasteiger partial charge in [-0.15, -0.1) is 0 Å². The first-order valence-corrected chi connectivity index (χ1v) is 7.05. The number of anilines is 2. The maximum Gasteiger partial charge on any atom is 0.263 e. The Morgan fingerprint density at radius 2 is 1.94 bits per heavy atom. The molecule has 2 rings (SSSR count). The van der Waals surface area contributed by atoms with Gasteiger partial charge in [-0.05, 0) is 48.8 Å². The van der Waals surface area contributed by atoms with E-state index in [0.29, 0.717) is 11.5 Å². The summed E-state index contributed by atoms with van der Waals surface area (Å²) in [6.07, 6.45) is 0. The van der Waals surface area contributed by atoms with E-state index >= 15 is 0 Å². The van der Waals surface area contributed by atoms with Crippen LogP contribution < -0.4 is 10.5 Å². The summed E-state index contributed by atoms with van der Waals surface area (Å²) < 4.78 is 30.2. The van der Waals surface area contributed by atoms with Gasteiger partial charge in [0, 0.05) is 10.6 Å². The molecule has 17 heavy (non-hydrogen) atoms. The predicted octanol–water partition coefficient (Wildman–Crippen LogP) is 1.83. The van der Waals surface area contributed by atoms with Gasteiger partial charge in [0.1, 0.15) is 0 Å². The molecule has 1 heterocycles. The molecule has 90 valence electrons. The number of hydrogen-bond donors (Lipinski definition) is 2. The molecule has 5 nitrogen and oxygen atoms in total. The molecule has 0 atom stereocenters. The Bertz CT molecular complexity index is 617. The van der Waals surface area contributed by atoms with Crippen molar-refractivity contribution < 1.29 is 8.42 Å². The monoisotopic (exact) mass is 269 g/mol. The molecule has 0 aliphatic heterocycles. The van der Waals surface area contributed by atoms with Crippen molar-refractivity contribution in [1.82, 2.24) is 4.37 Å². The fraction of sp³-hybridized carbons (Fsp3) is 0.100. The molecule has 0 radical (unpaired) electrons. The summed E-state index contributed by atoms with van der Waals surface area (Å²) in [7, 11) is -3.58. The number of rotatable bonds is 3. The highest BCUT2D eigenvalue weighted by Gasteiger charge is 2.15. The smallest absolute Gasteiger partial charge is 0.263 e. The average molecular weight is 269 g/mol. The Morgan fingerprint density at radius 3 is 2.47 bits per heavy atom. The van der Waals surface area contributed by atoms with E-state index in [9.17, 15) is 8.42 Å². The Balaban J connectivity index is 2.28. The molecule has 0 spiro atoms.